The molecule has 3 aromatic carbocycles. The number of H-pyrrole nitrogens is 1. The normalized spacial score (nSPS) is 12.5. The molecule has 1 N–H and O–H groups in total. The van der Waals surface area contributed by atoms with Crippen LogP contribution in [0.25, 0.3) is 33.3 Å². The van der Waals surface area contributed by atoms with Gasteiger partial charge in [-0.25, -0.2) is 0 Å². The van der Waals surface area contributed by atoms with Gasteiger partial charge >= 0.3 is 0 Å². The molecule has 0 amide bonds. The Kier molecular flexibility index (Phi) is 4.57. The van der Waals surface area contributed by atoms with Crippen LogP contribution in [-0.4, -0.2) is 15.4 Å². The van der Waals surface area contributed by atoms with Crippen LogP contribution in [0.2, 0.25) is 0 Å². The lowest BCUT2D eigenvalue weighted by Gasteiger charge is -2.19. The van der Waals surface area contributed by atoms with Gasteiger partial charge in [-0.1, -0.05) is 102 Å². The number of benzene rings is 3. The van der Waals surface area contributed by atoms with E-state index in [2.05, 4.69) is 118 Å². The number of hydrogen-bond donors (Lipinski definition) is 1. The molecule has 0 aliphatic rings. The first kappa shape index (κ1) is 19.4. The quantitative estimate of drug-likeness (QED) is 0.409. The molecule has 0 fully saturated rings. The van der Waals surface area contributed by atoms with E-state index in [0.717, 1.165) is 33.3 Å². The van der Waals surface area contributed by atoms with Crippen LogP contribution in [0.1, 0.15) is 52.7 Å². The maximum absolute atomic E-state index is 4.47. The van der Waals surface area contributed by atoms with Crippen molar-refractivity contribution in [3.8, 4) is 22.3 Å². The SMILES string of the molecule is CC(C)(C)c1ccc(-c2ccc(-c3ccc(C(C)(C)C)cc3)c3n[nH]nc23)cc1. The van der Waals surface area contributed by atoms with Gasteiger partial charge in [0.1, 0.15) is 11.0 Å². The molecule has 0 bridgehead atoms. The second-order valence-corrected chi connectivity index (χ2v) is 9.84. The van der Waals surface area contributed by atoms with Crippen molar-refractivity contribution in [1.29, 1.82) is 0 Å². The van der Waals surface area contributed by atoms with E-state index in [1.165, 1.54) is 11.1 Å². The molecule has 29 heavy (non-hydrogen) atoms. The van der Waals surface area contributed by atoms with Crippen LogP contribution in [0.4, 0.5) is 0 Å². The summed E-state index contributed by atoms with van der Waals surface area (Å²) in [4.78, 5) is 0. The number of aromatic nitrogens is 3. The molecule has 4 rings (SSSR count). The monoisotopic (exact) mass is 383 g/mol. The van der Waals surface area contributed by atoms with Crippen LogP contribution in [0, 0.1) is 0 Å². The number of hydrogen-bond acceptors (Lipinski definition) is 2. The number of aromatic amines is 1. The summed E-state index contributed by atoms with van der Waals surface area (Å²) in [5.74, 6) is 0. The summed E-state index contributed by atoms with van der Waals surface area (Å²) in [6.07, 6.45) is 0. The van der Waals surface area contributed by atoms with E-state index in [-0.39, 0.29) is 10.8 Å². The molecule has 0 aliphatic carbocycles. The van der Waals surface area contributed by atoms with Gasteiger partial charge in [0.25, 0.3) is 0 Å². The van der Waals surface area contributed by atoms with Gasteiger partial charge in [0, 0.05) is 11.1 Å². The molecule has 1 heterocycles. The lowest BCUT2D eigenvalue weighted by atomic mass is 9.85. The van der Waals surface area contributed by atoms with Gasteiger partial charge in [-0.2, -0.15) is 15.4 Å². The summed E-state index contributed by atoms with van der Waals surface area (Å²) in [5.41, 5.74) is 9.28. The van der Waals surface area contributed by atoms with Crippen molar-refractivity contribution in [2.75, 3.05) is 0 Å². The van der Waals surface area contributed by atoms with Crippen molar-refractivity contribution in [3.63, 3.8) is 0 Å². The summed E-state index contributed by atoms with van der Waals surface area (Å²) in [6.45, 7) is 13.4. The molecular weight excluding hydrogens is 354 g/mol. The predicted molar refractivity (Wildman–Crippen MR) is 122 cm³/mol. The predicted octanol–water partition coefficient (Wildman–Crippen LogP) is 6.89. The topological polar surface area (TPSA) is 41.6 Å². The van der Waals surface area contributed by atoms with E-state index < -0.39 is 0 Å². The Morgan fingerprint density at radius 2 is 0.862 bits per heavy atom. The Morgan fingerprint density at radius 1 is 0.517 bits per heavy atom. The fourth-order valence-electron chi connectivity index (χ4n) is 3.70. The average Bonchev–Trinajstić information content (AvgIpc) is 3.16. The molecule has 0 saturated heterocycles. The lowest BCUT2D eigenvalue weighted by molar-refractivity contribution is 0.590. The molecule has 0 radical (unpaired) electrons. The van der Waals surface area contributed by atoms with Crippen molar-refractivity contribution < 1.29 is 0 Å². The summed E-state index contributed by atoms with van der Waals surface area (Å²) in [6, 6.07) is 21.9. The number of fused-ring (bicyclic) bond motifs is 1. The summed E-state index contributed by atoms with van der Waals surface area (Å²) in [7, 11) is 0. The zero-order valence-corrected chi connectivity index (χ0v) is 18.2. The number of nitrogens with one attached hydrogen (secondary N) is 1. The molecule has 0 unspecified atom stereocenters. The third-order valence-corrected chi connectivity index (χ3v) is 5.60. The zero-order valence-electron chi connectivity index (χ0n) is 18.2. The van der Waals surface area contributed by atoms with Crippen molar-refractivity contribution >= 4 is 11.0 Å². The molecule has 148 valence electrons. The zero-order chi connectivity index (χ0) is 20.8. The highest BCUT2D eigenvalue weighted by Gasteiger charge is 2.17. The smallest absolute Gasteiger partial charge is 0.121 e. The van der Waals surface area contributed by atoms with Gasteiger partial charge in [0.15, 0.2) is 0 Å². The van der Waals surface area contributed by atoms with Crippen LogP contribution in [-0.2, 0) is 10.8 Å². The fourth-order valence-corrected chi connectivity index (χ4v) is 3.70. The van der Waals surface area contributed by atoms with Crippen LogP contribution in [0.3, 0.4) is 0 Å². The third-order valence-electron chi connectivity index (χ3n) is 5.60. The summed E-state index contributed by atoms with van der Waals surface area (Å²) >= 11 is 0. The largest absolute Gasteiger partial charge is 0.197 e. The highest BCUT2D eigenvalue weighted by Crippen LogP contribution is 2.35. The van der Waals surface area contributed by atoms with Gasteiger partial charge in [0.2, 0.25) is 0 Å². The lowest BCUT2D eigenvalue weighted by Crippen LogP contribution is -2.10. The van der Waals surface area contributed by atoms with Crippen molar-refractivity contribution in [2.45, 2.75) is 52.4 Å². The highest BCUT2D eigenvalue weighted by molar-refractivity contribution is 6.00. The standard InChI is InChI=1S/C26H29N3/c1-25(2,3)19-11-7-17(8-12-19)21-15-16-22(24-23(21)27-29-28-24)18-9-13-20(14-10-18)26(4,5)6/h7-16H,1-6H3,(H,27,28,29). The molecule has 3 nitrogen and oxygen atoms in total. The maximum atomic E-state index is 4.47. The second-order valence-electron chi connectivity index (χ2n) is 9.84. The number of rotatable bonds is 2. The van der Waals surface area contributed by atoms with Gasteiger partial charge in [0.05, 0.1) is 0 Å². The summed E-state index contributed by atoms with van der Waals surface area (Å²) < 4.78 is 0. The van der Waals surface area contributed by atoms with Gasteiger partial charge in [-0.3, -0.25) is 0 Å². The molecule has 0 saturated carbocycles. The van der Waals surface area contributed by atoms with E-state index in [1.54, 1.807) is 0 Å². The average molecular weight is 384 g/mol. The molecule has 0 aliphatic heterocycles. The van der Waals surface area contributed by atoms with Crippen molar-refractivity contribution in [1.82, 2.24) is 15.4 Å². The molecular formula is C26H29N3. The van der Waals surface area contributed by atoms with Crippen LogP contribution in [0.15, 0.2) is 60.7 Å². The minimum atomic E-state index is 0.144. The van der Waals surface area contributed by atoms with Gasteiger partial charge in [-0.05, 0) is 33.1 Å². The first-order valence-corrected chi connectivity index (χ1v) is 10.2. The Hall–Kier alpha value is -2.94. The summed E-state index contributed by atoms with van der Waals surface area (Å²) in [5, 5.41) is 11.8. The second kappa shape index (κ2) is 6.84. The molecule has 4 aromatic rings. The Labute approximate surface area is 173 Å². The molecule has 3 heteroatoms. The fraction of sp³-hybridized carbons (Fsp3) is 0.308. The Balaban J connectivity index is 1.77. The van der Waals surface area contributed by atoms with Crippen molar-refractivity contribution in [3.05, 3.63) is 71.8 Å². The van der Waals surface area contributed by atoms with Crippen LogP contribution < -0.4 is 0 Å². The van der Waals surface area contributed by atoms with Crippen LogP contribution in [0.5, 0.6) is 0 Å². The Morgan fingerprint density at radius 3 is 1.17 bits per heavy atom. The van der Waals surface area contributed by atoms with Crippen molar-refractivity contribution in [2.24, 2.45) is 0 Å². The van der Waals surface area contributed by atoms with E-state index >= 15 is 0 Å². The first-order valence-electron chi connectivity index (χ1n) is 10.2. The Bertz CT molecular complexity index is 1040. The molecule has 1 aromatic heterocycles. The minimum absolute atomic E-state index is 0.144. The highest BCUT2D eigenvalue weighted by atomic mass is 15.3. The van der Waals surface area contributed by atoms with Crippen LogP contribution >= 0.6 is 0 Å². The van der Waals surface area contributed by atoms with E-state index in [1.807, 2.05) is 0 Å². The number of nitrogens with zero attached hydrogens (tertiary/aromatic N) is 2. The van der Waals surface area contributed by atoms with Gasteiger partial charge in [-0.15, -0.1) is 0 Å². The van der Waals surface area contributed by atoms with Gasteiger partial charge < -0.3 is 0 Å². The third kappa shape index (κ3) is 3.69. The van der Waals surface area contributed by atoms with E-state index in [9.17, 15) is 0 Å². The minimum Gasteiger partial charge on any atom is -0.197 e. The molecule has 0 atom stereocenters. The van der Waals surface area contributed by atoms with E-state index in [4.69, 9.17) is 0 Å². The van der Waals surface area contributed by atoms with E-state index in [0.29, 0.717) is 0 Å². The molecule has 0 spiro atoms. The maximum Gasteiger partial charge on any atom is 0.121 e. The first-order chi connectivity index (χ1) is 13.6.